The van der Waals surface area contributed by atoms with Gasteiger partial charge < -0.3 is 4.18 Å². The molecule has 2 aromatic rings. The second-order valence-electron chi connectivity index (χ2n) is 3.92. The van der Waals surface area contributed by atoms with Crippen molar-refractivity contribution in [2.24, 2.45) is 0 Å². The second kappa shape index (κ2) is 5.43. The third-order valence-electron chi connectivity index (χ3n) is 2.42. The summed E-state index contributed by atoms with van der Waals surface area (Å²) in [6.07, 6.45) is 0. The maximum atomic E-state index is 12.7. The van der Waals surface area contributed by atoms with Gasteiger partial charge in [-0.05, 0) is 48.5 Å². The van der Waals surface area contributed by atoms with E-state index < -0.39 is 30.9 Å². The van der Waals surface area contributed by atoms with E-state index in [2.05, 4.69) is 0 Å². The topological polar surface area (TPSA) is 97.4 Å². The van der Waals surface area contributed by atoms with Crippen molar-refractivity contribution < 1.29 is 30.0 Å². The summed E-state index contributed by atoms with van der Waals surface area (Å²) in [5, 5.41) is 0. The molecule has 21 heavy (non-hydrogen) atoms. The minimum absolute atomic E-state index is 0.174. The predicted molar refractivity (Wildman–Crippen MR) is 68.5 cm³/mol. The normalized spacial score (nSPS) is 12.1. The summed E-state index contributed by atoms with van der Waals surface area (Å²) in [5.41, 5.74) is 0. The lowest BCUT2D eigenvalue weighted by atomic mass is 10.3. The summed E-state index contributed by atoms with van der Waals surface area (Å²) >= 11 is 0. The van der Waals surface area contributed by atoms with Crippen molar-refractivity contribution in [1.82, 2.24) is 0 Å². The van der Waals surface area contributed by atoms with Crippen molar-refractivity contribution in [1.29, 1.82) is 0 Å². The first-order valence-corrected chi connectivity index (χ1v) is 8.26. The highest BCUT2D eigenvalue weighted by atomic mass is 32.2. The molecule has 0 bridgehead atoms. The van der Waals surface area contributed by atoms with Crippen LogP contribution in [0.1, 0.15) is 0 Å². The van der Waals surface area contributed by atoms with Crippen LogP contribution in [0.15, 0.2) is 58.3 Å². The molecule has 0 saturated carbocycles. The molecule has 0 atom stereocenters. The van der Waals surface area contributed by atoms with Gasteiger partial charge in [-0.15, -0.1) is 0 Å². The summed E-state index contributed by atoms with van der Waals surface area (Å²) in [7, 11) is -8.79. The van der Waals surface area contributed by atoms with Crippen molar-refractivity contribution in [3.8, 4) is 5.75 Å². The Labute approximate surface area is 120 Å². The van der Waals surface area contributed by atoms with Gasteiger partial charge in [-0.25, -0.2) is 4.39 Å². The molecule has 0 amide bonds. The fraction of sp³-hybridized carbons (Fsp3) is 0. The molecule has 111 valence electrons. The van der Waals surface area contributed by atoms with Gasteiger partial charge in [0.2, 0.25) is 0 Å². The van der Waals surface area contributed by atoms with Gasteiger partial charge in [0.1, 0.15) is 16.5 Å². The first kappa shape index (κ1) is 15.4. The Morgan fingerprint density at radius 1 is 0.762 bits per heavy atom. The molecule has 0 aliphatic heterocycles. The second-order valence-corrected chi connectivity index (χ2v) is 6.84. The Morgan fingerprint density at radius 3 is 1.71 bits per heavy atom. The van der Waals surface area contributed by atoms with Gasteiger partial charge in [-0.2, -0.15) is 16.8 Å². The van der Waals surface area contributed by atoms with E-state index in [4.69, 9.17) is 4.18 Å². The molecule has 9 heteroatoms. The fourth-order valence-electron chi connectivity index (χ4n) is 1.44. The molecule has 0 aliphatic carbocycles. The first-order valence-electron chi connectivity index (χ1n) is 5.44. The van der Waals surface area contributed by atoms with Gasteiger partial charge in [0.25, 0.3) is 0 Å². The third kappa shape index (κ3) is 3.78. The number of halogens is 1. The lowest BCUT2D eigenvalue weighted by molar-refractivity contribution is 0.414. The molecule has 0 spiro atoms. The molecule has 2 aromatic carbocycles. The van der Waals surface area contributed by atoms with Gasteiger partial charge in [0, 0.05) is 0 Å². The van der Waals surface area contributed by atoms with Crippen molar-refractivity contribution in [2.45, 2.75) is 9.79 Å². The maximum absolute atomic E-state index is 12.7. The van der Waals surface area contributed by atoms with E-state index in [1.54, 1.807) is 0 Å². The van der Waals surface area contributed by atoms with Crippen molar-refractivity contribution in [2.75, 3.05) is 0 Å². The molecular formula is C12H8FO6S2. The fourth-order valence-corrected chi connectivity index (χ4v) is 2.84. The molecule has 2 rings (SSSR count). The molecule has 0 fully saturated rings. The van der Waals surface area contributed by atoms with Gasteiger partial charge in [0.05, 0.1) is 4.90 Å². The Kier molecular flexibility index (Phi) is 3.99. The highest BCUT2D eigenvalue weighted by molar-refractivity contribution is 7.87. The summed E-state index contributed by atoms with van der Waals surface area (Å²) < 4.78 is 73.4. The van der Waals surface area contributed by atoms with E-state index >= 15 is 0 Å². The van der Waals surface area contributed by atoms with Crippen LogP contribution in [0, 0.1) is 5.82 Å². The molecular weight excluding hydrogens is 323 g/mol. The number of hydrogen-bond acceptors (Lipinski definition) is 5. The summed E-state index contributed by atoms with van der Waals surface area (Å²) in [4.78, 5) is -0.765. The molecule has 6 nitrogen and oxygen atoms in total. The monoisotopic (exact) mass is 331 g/mol. The van der Waals surface area contributed by atoms with Crippen molar-refractivity contribution in [3.63, 3.8) is 0 Å². The Bertz CT molecular complexity index is 840. The van der Waals surface area contributed by atoms with Crippen LogP contribution >= 0.6 is 0 Å². The highest BCUT2D eigenvalue weighted by Gasteiger charge is 2.17. The zero-order chi connectivity index (χ0) is 15.7. The summed E-state index contributed by atoms with van der Waals surface area (Å²) in [6.45, 7) is 0. The van der Waals surface area contributed by atoms with Crippen LogP contribution in [-0.2, 0) is 24.8 Å². The summed E-state index contributed by atoms with van der Waals surface area (Å²) in [6, 6.07) is 7.91. The van der Waals surface area contributed by atoms with Crippen LogP contribution in [0.3, 0.4) is 0 Å². The van der Waals surface area contributed by atoms with Crippen LogP contribution in [0.5, 0.6) is 5.75 Å². The average Bonchev–Trinajstić information content (AvgIpc) is 2.38. The van der Waals surface area contributed by atoms with Crippen LogP contribution < -0.4 is 4.18 Å². The van der Waals surface area contributed by atoms with E-state index in [1.807, 2.05) is 0 Å². The van der Waals surface area contributed by atoms with E-state index in [0.29, 0.717) is 0 Å². The standard InChI is InChI=1S/C12H8FO6S2/c13-9-1-5-12(6-2-9)21(17,18)19-10-3-7-11(8-4-10)20(14,15)16/h1-8H. The van der Waals surface area contributed by atoms with Crippen LogP contribution in [0.2, 0.25) is 0 Å². The largest absolute Gasteiger partial charge is 0.379 e. The van der Waals surface area contributed by atoms with E-state index in [1.165, 1.54) is 0 Å². The molecule has 0 N–H and O–H groups in total. The Morgan fingerprint density at radius 2 is 1.24 bits per heavy atom. The number of rotatable bonds is 4. The van der Waals surface area contributed by atoms with Crippen LogP contribution in [-0.4, -0.2) is 16.8 Å². The highest BCUT2D eigenvalue weighted by Crippen LogP contribution is 2.21. The quantitative estimate of drug-likeness (QED) is 0.795. The SMILES string of the molecule is [O]S(=O)(=O)c1ccc(OS(=O)(=O)c2ccc(F)cc2)cc1. The number of hydrogen-bond donors (Lipinski definition) is 0. The van der Waals surface area contributed by atoms with Crippen molar-refractivity contribution >= 4 is 20.2 Å². The van der Waals surface area contributed by atoms with E-state index in [0.717, 1.165) is 48.5 Å². The minimum atomic E-state index is -4.62. The maximum Gasteiger partial charge on any atom is 0.339 e. The lowest BCUT2D eigenvalue weighted by Crippen LogP contribution is -2.09. The van der Waals surface area contributed by atoms with Crippen molar-refractivity contribution in [3.05, 3.63) is 54.3 Å². The van der Waals surface area contributed by atoms with Crippen LogP contribution in [0.25, 0.3) is 0 Å². The third-order valence-corrected chi connectivity index (χ3v) is 4.53. The zero-order valence-electron chi connectivity index (χ0n) is 10.3. The molecule has 0 aliphatic rings. The minimum Gasteiger partial charge on any atom is -0.379 e. The molecule has 0 heterocycles. The predicted octanol–water partition coefficient (Wildman–Crippen LogP) is 1.71. The van der Waals surface area contributed by atoms with Gasteiger partial charge >= 0.3 is 20.2 Å². The molecule has 0 saturated heterocycles. The smallest absolute Gasteiger partial charge is 0.339 e. The average molecular weight is 331 g/mol. The molecule has 0 aromatic heterocycles. The molecule has 1 radical (unpaired) electrons. The van der Waals surface area contributed by atoms with Gasteiger partial charge in [-0.1, -0.05) is 4.55 Å². The molecule has 0 unspecified atom stereocenters. The van der Waals surface area contributed by atoms with E-state index in [9.17, 15) is 25.8 Å². The van der Waals surface area contributed by atoms with Gasteiger partial charge in [-0.3, -0.25) is 0 Å². The Balaban J connectivity index is 2.27. The Hall–Kier alpha value is -1.97. The van der Waals surface area contributed by atoms with E-state index in [-0.39, 0.29) is 10.6 Å². The first-order chi connectivity index (χ1) is 9.68. The number of benzene rings is 2. The zero-order valence-corrected chi connectivity index (χ0v) is 11.9. The van der Waals surface area contributed by atoms with Gasteiger partial charge in [0.15, 0.2) is 0 Å². The lowest BCUT2D eigenvalue weighted by Gasteiger charge is -2.07. The van der Waals surface area contributed by atoms with Crippen LogP contribution in [0.4, 0.5) is 4.39 Å². The summed E-state index contributed by atoms with van der Waals surface area (Å²) in [5.74, 6) is -0.773.